The Balaban J connectivity index is 1.99. The van der Waals surface area contributed by atoms with Crippen LogP contribution in [0.4, 0.5) is 0 Å². The molecule has 0 saturated carbocycles. The Kier molecular flexibility index (Phi) is 3.26. The van der Waals surface area contributed by atoms with Crippen molar-refractivity contribution in [2.24, 2.45) is 0 Å². The predicted molar refractivity (Wildman–Crippen MR) is 97.5 cm³/mol. The highest BCUT2D eigenvalue weighted by Crippen LogP contribution is 2.39. The highest BCUT2D eigenvalue weighted by molar-refractivity contribution is 9.10. The third kappa shape index (κ3) is 2.18. The molecule has 0 spiro atoms. The van der Waals surface area contributed by atoms with Gasteiger partial charge in [0.15, 0.2) is 0 Å². The van der Waals surface area contributed by atoms with Crippen molar-refractivity contribution in [3.05, 3.63) is 70.2 Å². The zero-order chi connectivity index (χ0) is 14.4. The first-order chi connectivity index (χ1) is 10.2. The smallest absolute Gasteiger partial charge is 0.0554 e. The van der Waals surface area contributed by atoms with Gasteiger partial charge in [0.2, 0.25) is 0 Å². The molecule has 21 heavy (non-hydrogen) atoms. The Morgan fingerprint density at radius 3 is 2.52 bits per heavy atom. The molecule has 3 aromatic carbocycles. The zero-order valence-corrected chi connectivity index (χ0v) is 14.1. The number of benzene rings is 3. The lowest BCUT2D eigenvalue weighted by Gasteiger charge is -2.06. The van der Waals surface area contributed by atoms with Crippen molar-refractivity contribution in [3.8, 4) is 11.1 Å². The molecule has 0 fully saturated rings. The number of hydrogen-bond acceptors (Lipinski definition) is 1. The van der Waals surface area contributed by atoms with Crippen LogP contribution in [0.2, 0.25) is 5.02 Å². The van der Waals surface area contributed by atoms with Gasteiger partial charge in [-0.25, -0.2) is 0 Å². The second kappa shape index (κ2) is 5.13. The molecular formula is C18H10BrClS. The van der Waals surface area contributed by atoms with Gasteiger partial charge in [0.05, 0.1) is 5.02 Å². The van der Waals surface area contributed by atoms with Crippen LogP contribution in [-0.2, 0) is 0 Å². The van der Waals surface area contributed by atoms with Gasteiger partial charge in [0.25, 0.3) is 0 Å². The Morgan fingerprint density at radius 2 is 1.62 bits per heavy atom. The van der Waals surface area contributed by atoms with E-state index >= 15 is 0 Å². The standard InChI is InChI=1S/C18H10BrClS/c19-18-12(5-3-6-15(18)20)11-8-9-14-13-4-1-2-7-16(13)21-17(14)10-11/h1-10H. The van der Waals surface area contributed by atoms with Gasteiger partial charge in [-0.1, -0.05) is 54.1 Å². The summed E-state index contributed by atoms with van der Waals surface area (Å²) in [6, 6.07) is 21.1. The molecule has 0 aliphatic carbocycles. The average molecular weight is 374 g/mol. The highest BCUT2D eigenvalue weighted by atomic mass is 79.9. The third-order valence-corrected chi connectivity index (χ3v) is 6.17. The van der Waals surface area contributed by atoms with Gasteiger partial charge in [0, 0.05) is 24.6 Å². The van der Waals surface area contributed by atoms with Crippen LogP contribution in [0.5, 0.6) is 0 Å². The summed E-state index contributed by atoms with van der Waals surface area (Å²) in [6.07, 6.45) is 0. The van der Waals surface area contributed by atoms with E-state index in [9.17, 15) is 0 Å². The van der Waals surface area contributed by atoms with Crippen molar-refractivity contribution in [2.45, 2.75) is 0 Å². The maximum Gasteiger partial charge on any atom is 0.0554 e. The molecule has 4 rings (SSSR count). The molecule has 4 aromatic rings. The fraction of sp³-hybridized carbons (Fsp3) is 0. The van der Waals surface area contributed by atoms with E-state index in [0.717, 1.165) is 15.1 Å². The molecule has 3 heteroatoms. The van der Waals surface area contributed by atoms with Crippen molar-refractivity contribution in [3.63, 3.8) is 0 Å². The quantitative estimate of drug-likeness (QED) is 0.332. The summed E-state index contributed by atoms with van der Waals surface area (Å²) in [7, 11) is 0. The lowest BCUT2D eigenvalue weighted by molar-refractivity contribution is 1.61. The molecule has 0 atom stereocenters. The molecule has 0 nitrogen and oxygen atoms in total. The van der Waals surface area contributed by atoms with E-state index in [1.165, 1.54) is 25.7 Å². The Bertz CT molecular complexity index is 971. The fourth-order valence-electron chi connectivity index (χ4n) is 2.62. The molecule has 0 aliphatic heterocycles. The van der Waals surface area contributed by atoms with Gasteiger partial charge in [-0.2, -0.15) is 0 Å². The van der Waals surface area contributed by atoms with E-state index in [0.29, 0.717) is 0 Å². The first-order valence-electron chi connectivity index (χ1n) is 6.60. The molecule has 0 N–H and O–H groups in total. The summed E-state index contributed by atoms with van der Waals surface area (Å²) in [5.41, 5.74) is 2.31. The van der Waals surface area contributed by atoms with Crippen molar-refractivity contribution < 1.29 is 0 Å². The number of halogens is 2. The number of rotatable bonds is 1. The third-order valence-electron chi connectivity index (χ3n) is 3.64. The summed E-state index contributed by atoms with van der Waals surface area (Å²) in [6.45, 7) is 0. The Labute approximate surface area is 140 Å². The Morgan fingerprint density at radius 1 is 0.810 bits per heavy atom. The molecule has 1 aromatic heterocycles. The Hall–Kier alpha value is -1.35. The summed E-state index contributed by atoms with van der Waals surface area (Å²) in [4.78, 5) is 0. The van der Waals surface area contributed by atoms with Gasteiger partial charge >= 0.3 is 0 Å². The number of hydrogen-bond donors (Lipinski definition) is 0. The van der Waals surface area contributed by atoms with Crippen LogP contribution in [-0.4, -0.2) is 0 Å². The van der Waals surface area contributed by atoms with Gasteiger partial charge in [-0.15, -0.1) is 11.3 Å². The van der Waals surface area contributed by atoms with Crippen molar-refractivity contribution in [1.29, 1.82) is 0 Å². The molecule has 102 valence electrons. The SMILES string of the molecule is Clc1cccc(-c2ccc3c(c2)sc2ccccc23)c1Br. The van der Waals surface area contributed by atoms with Gasteiger partial charge in [-0.05, 0) is 45.3 Å². The van der Waals surface area contributed by atoms with Crippen LogP contribution in [0.3, 0.4) is 0 Å². The van der Waals surface area contributed by atoms with E-state index in [-0.39, 0.29) is 0 Å². The first kappa shape index (κ1) is 13.3. The van der Waals surface area contributed by atoms with Crippen molar-refractivity contribution >= 4 is 59.0 Å². The lowest BCUT2D eigenvalue weighted by Crippen LogP contribution is -1.80. The molecule has 0 saturated heterocycles. The molecule has 0 aliphatic rings. The van der Waals surface area contributed by atoms with E-state index in [1.54, 1.807) is 0 Å². The molecule has 0 bridgehead atoms. The van der Waals surface area contributed by atoms with Gasteiger partial charge in [-0.3, -0.25) is 0 Å². The summed E-state index contributed by atoms with van der Waals surface area (Å²) in [5.74, 6) is 0. The number of thiophene rings is 1. The maximum atomic E-state index is 6.20. The van der Waals surface area contributed by atoms with Crippen LogP contribution >= 0.6 is 38.9 Å². The minimum atomic E-state index is 0.740. The summed E-state index contributed by atoms with van der Waals surface area (Å²) < 4.78 is 3.59. The maximum absolute atomic E-state index is 6.20. The molecule has 1 heterocycles. The van der Waals surface area contributed by atoms with Gasteiger partial charge < -0.3 is 0 Å². The first-order valence-corrected chi connectivity index (χ1v) is 8.58. The topological polar surface area (TPSA) is 0 Å². The molecule has 0 radical (unpaired) electrons. The fourth-order valence-corrected chi connectivity index (χ4v) is 4.43. The normalized spacial score (nSPS) is 11.3. The summed E-state index contributed by atoms with van der Waals surface area (Å²) >= 11 is 11.6. The number of fused-ring (bicyclic) bond motifs is 3. The minimum absolute atomic E-state index is 0.740. The summed E-state index contributed by atoms with van der Waals surface area (Å²) in [5, 5.41) is 3.38. The molecular weight excluding hydrogens is 364 g/mol. The van der Waals surface area contributed by atoms with Crippen LogP contribution in [0.25, 0.3) is 31.3 Å². The van der Waals surface area contributed by atoms with Crippen LogP contribution in [0, 0.1) is 0 Å². The van der Waals surface area contributed by atoms with Crippen LogP contribution in [0.15, 0.2) is 65.1 Å². The van der Waals surface area contributed by atoms with Crippen molar-refractivity contribution in [1.82, 2.24) is 0 Å². The predicted octanol–water partition coefficient (Wildman–Crippen LogP) is 7.14. The zero-order valence-electron chi connectivity index (χ0n) is 10.9. The second-order valence-electron chi connectivity index (χ2n) is 4.91. The van der Waals surface area contributed by atoms with E-state index in [4.69, 9.17) is 11.6 Å². The largest absolute Gasteiger partial charge is 0.135 e. The van der Waals surface area contributed by atoms with Crippen molar-refractivity contribution in [2.75, 3.05) is 0 Å². The minimum Gasteiger partial charge on any atom is -0.135 e. The molecule has 0 amide bonds. The van der Waals surface area contributed by atoms with Gasteiger partial charge in [0.1, 0.15) is 0 Å². The van der Waals surface area contributed by atoms with Crippen LogP contribution < -0.4 is 0 Å². The molecule has 0 unspecified atom stereocenters. The second-order valence-corrected chi connectivity index (χ2v) is 7.19. The van der Waals surface area contributed by atoms with E-state index in [2.05, 4.69) is 64.5 Å². The highest BCUT2D eigenvalue weighted by Gasteiger charge is 2.09. The monoisotopic (exact) mass is 372 g/mol. The lowest BCUT2D eigenvalue weighted by atomic mass is 10.0. The average Bonchev–Trinajstić information content (AvgIpc) is 2.87. The van der Waals surface area contributed by atoms with Crippen LogP contribution in [0.1, 0.15) is 0 Å². The van der Waals surface area contributed by atoms with E-state index in [1.807, 2.05) is 23.5 Å². The van der Waals surface area contributed by atoms with E-state index < -0.39 is 0 Å².